The summed E-state index contributed by atoms with van der Waals surface area (Å²) in [6.45, 7) is 1.48. The average molecular weight is 730 g/mol. The van der Waals surface area contributed by atoms with Gasteiger partial charge in [-0.25, -0.2) is 0 Å². The number of fused-ring (bicyclic) bond motifs is 1. The van der Waals surface area contributed by atoms with Crippen LogP contribution in [0.15, 0.2) is 150 Å². The number of ether oxygens (including phenoxy) is 5. The Kier molecular flexibility index (Phi) is 10.6. The van der Waals surface area contributed by atoms with E-state index >= 15 is 0 Å². The second kappa shape index (κ2) is 16.0. The molecule has 252 valence electrons. The molecule has 6 nitrogen and oxygen atoms in total. The molecule has 6 aromatic carbocycles. The third kappa shape index (κ3) is 8.13. The highest BCUT2D eigenvalue weighted by Gasteiger charge is 2.35. The number of benzene rings is 6. The normalized spacial score (nSPS) is 15.0. The van der Waals surface area contributed by atoms with Gasteiger partial charge in [-0.3, -0.25) is 0 Å². The Morgan fingerprint density at radius 2 is 0.960 bits per heavy atom. The van der Waals surface area contributed by atoms with Crippen LogP contribution in [0.5, 0.6) is 28.7 Å². The van der Waals surface area contributed by atoms with Crippen LogP contribution < -0.4 is 23.7 Å². The van der Waals surface area contributed by atoms with E-state index in [1.807, 2.05) is 146 Å². The summed E-state index contributed by atoms with van der Waals surface area (Å²) in [5, 5.41) is 11.6. The monoisotopic (exact) mass is 728 g/mol. The van der Waals surface area contributed by atoms with Gasteiger partial charge in [0.15, 0.2) is 17.6 Å². The second-order valence-electron chi connectivity index (χ2n) is 12.1. The van der Waals surface area contributed by atoms with Crippen molar-refractivity contribution in [2.45, 2.75) is 45.1 Å². The molecule has 50 heavy (non-hydrogen) atoms. The smallest absolute Gasteiger partial charge is 0.162 e. The molecule has 0 fully saturated rings. The first-order chi connectivity index (χ1) is 24.6. The largest absolute Gasteiger partial charge is 0.488 e. The Bertz CT molecular complexity index is 1990. The molecule has 1 aliphatic rings. The van der Waals surface area contributed by atoms with Crippen LogP contribution in [0.4, 0.5) is 0 Å². The van der Waals surface area contributed by atoms with Crippen LogP contribution in [0.2, 0.25) is 0 Å². The molecule has 7 rings (SSSR count). The fourth-order valence-corrected chi connectivity index (χ4v) is 6.42. The molecule has 1 N–H and O–H groups in total. The Morgan fingerprint density at radius 1 is 0.520 bits per heavy atom. The molecule has 7 heteroatoms. The SMILES string of the molecule is O[C@H]1Cc2c(OCc3ccccc3)cc(OCc3ccccc3)c(Br)c2O[C@@H]1c1ccc(OCc2ccccc2)c(OCc2ccccc2)c1. The van der Waals surface area contributed by atoms with Crippen LogP contribution in [-0.4, -0.2) is 11.2 Å². The number of halogens is 1. The van der Waals surface area contributed by atoms with Crippen molar-refractivity contribution in [1.82, 2.24) is 0 Å². The lowest BCUT2D eigenvalue weighted by atomic mass is 9.93. The fraction of sp³-hybridized carbons (Fsp3) is 0.163. The van der Waals surface area contributed by atoms with Crippen LogP contribution in [0.1, 0.15) is 39.5 Å². The molecule has 0 saturated carbocycles. The highest BCUT2D eigenvalue weighted by molar-refractivity contribution is 9.10. The van der Waals surface area contributed by atoms with Crippen molar-refractivity contribution in [3.8, 4) is 28.7 Å². The van der Waals surface area contributed by atoms with E-state index in [2.05, 4.69) is 15.9 Å². The zero-order valence-corrected chi connectivity index (χ0v) is 29.0. The van der Waals surface area contributed by atoms with E-state index in [4.69, 9.17) is 23.7 Å². The molecule has 1 aliphatic heterocycles. The molecule has 0 saturated heterocycles. The summed E-state index contributed by atoms with van der Waals surface area (Å²) in [5.41, 5.74) is 5.68. The minimum atomic E-state index is -0.859. The number of aliphatic hydroxyl groups is 1. The molecule has 0 amide bonds. The second-order valence-corrected chi connectivity index (χ2v) is 12.9. The molecule has 6 aromatic rings. The van der Waals surface area contributed by atoms with Crippen molar-refractivity contribution < 1.29 is 28.8 Å². The first kappa shape index (κ1) is 33.3. The van der Waals surface area contributed by atoms with Gasteiger partial charge in [0.1, 0.15) is 48.1 Å². The Hall–Kier alpha value is -5.24. The predicted octanol–water partition coefficient (Wildman–Crippen LogP) is 9.80. The number of hydrogen-bond donors (Lipinski definition) is 1. The molecule has 0 spiro atoms. The van der Waals surface area contributed by atoms with Crippen molar-refractivity contribution >= 4 is 15.9 Å². The summed E-state index contributed by atoms with van der Waals surface area (Å²) in [5.74, 6) is 2.93. The zero-order chi connectivity index (χ0) is 34.1. The topological polar surface area (TPSA) is 66.4 Å². The summed E-state index contributed by atoms with van der Waals surface area (Å²) in [6.07, 6.45) is -1.23. The highest BCUT2D eigenvalue weighted by atomic mass is 79.9. The molecule has 0 bridgehead atoms. The number of rotatable bonds is 13. The molecular weight excluding hydrogens is 692 g/mol. The minimum Gasteiger partial charge on any atom is -0.488 e. The van der Waals surface area contributed by atoms with Crippen LogP contribution in [0, 0.1) is 0 Å². The minimum absolute atomic E-state index is 0.314. The summed E-state index contributed by atoms with van der Waals surface area (Å²) in [6, 6.07) is 47.5. The maximum atomic E-state index is 11.6. The van der Waals surface area contributed by atoms with Crippen LogP contribution in [-0.2, 0) is 32.8 Å². The fourth-order valence-electron chi connectivity index (χ4n) is 5.86. The molecule has 0 radical (unpaired) electrons. The van der Waals surface area contributed by atoms with Gasteiger partial charge in [-0.15, -0.1) is 0 Å². The van der Waals surface area contributed by atoms with Gasteiger partial charge >= 0.3 is 0 Å². The maximum Gasteiger partial charge on any atom is 0.162 e. The molecule has 0 aromatic heterocycles. The van der Waals surface area contributed by atoms with Crippen molar-refractivity contribution in [3.05, 3.63) is 183 Å². The van der Waals surface area contributed by atoms with Crippen LogP contribution in [0.3, 0.4) is 0 Å². The molecule has 1 heterocycles. The van der Waals surface area contributed by atoms with E-state index in [0.717, 1.165) is 33.4 Å². The van der Waals surface area contributed by atoms with Crippen molar-refractivity contribution in [2.24, 2.45) is 0 Å². The third-order valence-corrected chi connectivity index (χ3v) is 9.25. The quantitative estimate of drug-likeness (QED) is 0.128. The lowest BCUT2D eigenvalue weighted by molar-refractivity contribution is 0.0186. The van der Waals surface area contributed by atoms with E-state index in [1.54, 1.807) is 0 Å². The van der Waals surface area contributed by atoms with Crippen molar-refractivity contribution in [1.29, 1.82) is 0 Å². The third-order valence-electron chi connectivity index (χ3n) is 8.50. The summed E-state index contributed by atoms with van der Waals surface area (Å²) >= 11 is 3.78. The van der Waals surface area contributed by atoms with E-state index < -0.39 is 12.2 Å². The standard InChI is InChI=1S/C43H37BrO6/c44-41-40(49-29-33-19-11-4-12-20-33)25-38(47-27-31-15-7-2-8-16-31)35-24-36(45)42(50-43(35)41)34-21-22-37(46-26-30-13-5-1-6-14-30)39(23-34)48-28-32-17-9-3-10-18-32/h1-23,25,36,42,45H,24,26-29H2/t36-,42+/m0/s1. The van der Waals surface area contributed by atoms with Crippen molar-refractivity contribution in [2.75, 3.05) is 0 Å². The van der Waals surface area contributed by atoms with Gasteiger partial charge in [-0.05, 0) is 55.9 Å². The van der Waals surface area contributed by atoms with E-state index in [9.17, 15) is 5.11 Å². The summed E-state index contributed by atoms with van der Waals surface area (Å²) < 4.78 is 32.6. The highest BCUT2D eigenvalue weighted by Crippen LogP contribution is 2.49. The first-order valence-electron chi connectivity index (χ1n) is 16.6. The first-order valence-corrected chi connectivity index (χ1v) is 17.4. The van der Waals surface area contributed by atoms with E-state index in [0.29, 0.717) is 66.1 Å². The van der Waals surface area contributed by atoms with Gasteiger partial charge < -0.3 is 28.8 Å². The Morgan fingerprint density at radius 3 is 1.46 bits per heavy atom. The van der Waals surface area contributed by atoms with E-state index in [-0.39, 0.29) is 0 Å². The van der Waals surface area contributed by atoms with Gasteiger partial charge in [0, 0.05) is 18.1 Å². The van der Waals surface area contributed by atoms with Crippen LogP contribution in [0.25, 0.3) is 0 Å². The van der Waals surface area contributed by atoms with Gasteiger partial charge in [-0.2, -0.15) is 0 Å². The van der Waals surface area contributed by atoms with E-state index in [1.165, 1.54) is 0 Å². The molecule has 2 atom stereocenters. The summed E-state index contributed by atoms with van der Waals surface area (Å²) in [7, 11) is 0. The number of hydrogen-bond acceptors (Lipinski definition) is 6. The molecule has 0 aliphatic carbocycles. The Balaban J connectivity index is 1.19. The van der Waals surface area contributed by atoms with Crippen molar-refractivity contribution in [3.63, 3.8) is 0 Å². The van der Waals surface area contributed by atoms with Gasteiger partial charge in [0.05, 0.1) is 6.10 Å². The summed E-state index contributed by atoms with van der Waals surface area (Å²) in [4.78, 5) is 0. The molecule has 0 unspecified atom stereocenters. The predicted molar refractivity (Wildman–Crippen MR) is 197 cm³/mol. The average Bonchev–Trinajstić information content (AvgIpc) is 3.17. The van der Waals surface area contributed by atoms with Crippen LogP contribution >= 0.6 is 15.9 Å². The van der Waals surface area contributed by atoms with Gasteiger partial charge in [0.25, 0.3) is 0 Å². The lowest BCUT2D eigenvalue weighted by Crippen LogP contribution is -2.31. The number of aliphatic hydroxyl groups excluding tert-OH is 1. The lowest BCUT2D eigenvalue weighted by Gasteiger charge is -2.33. The Labute approximate surface area is 300 Å². The molecular formula is C43H37BrO6. The zero-order valence-electron chi connectivity index (χ0n) is 27.4. The maximum absolute atomic E-state index is 11.6. The van der Waals surface area contributed by atoms with Gasteiger partial charge in [0.2, 0.25) is 0 Å². The van der Waals surface area contributed by atoms with Gasteiger partial charge in [-0.1, -0.05) is 127 Å².